The number of benzene rings is 2. The normalized spacial score (nSPS) is 16.5. The number of hydrogen-bond acceptors (Lipinski definition) is 4. The van der Waals surface area contributed by atoms with Crippen molar-refractivity contribution in [2.45, 2.75) is 44.9 Å². The van der Waals surface area contributed by atoms with Gasteiger partial charge in [0, 0.05) is 30.9 Å². The standard InChI is InChI=1S/C24H31N3O4S/c1-4-12-25-23(28)20-8-6-13-27(16-20)24(29)19-7-5-9-21(15-19)26-32(30,31)22-11-10-17(2)18(3)14-22/h5,7,9-11,14-15,20,26H,4,6,8,12-13,16H2,1-3H3,(H,25,28). The number of likely N-dealkylation sites (tertiary alicyclic amines) is 1. The molecule has 1 atom stereocenters. The average Bonchev–Trinajstić information content (AvgIpc) is 2.78. The number of sulfonamides is 1. The Morgan fingerprint density at radius 3 is 2.59 bits per heavy atom. The highest BCUT2D eigenvalue weighted by Crippen LogP contribution is 2.22. The molecule has 8 heteroatoms. The molecule has 2 N–H and O–H groups in total. The summed E-state index contributed by atoms with van der Waals surface area (Å²) in [5, 5.41) is 2.91. The van der Waals surface area contributed by atoms with Crippen molar-refractivity contribution >= 4 is 27.5 Å². The molecule has 32 heavy (non-hydrogen) atoms. The third-order valence-corrected chi connectivity index (χ3v) is 7.16. The van der Waals surface area contributed by atoms with Gasteiger partial charge < -0.3 is 10.2 Å². The molecular formula is C24H31N3O4S. The van der Waals surface area contributed by atoms with Crippen LogP contribution in [0.2, 0.25) is 0 Å². The Morgan fingerprint density at radius 1 is 1.09 bits per heavy atom. The summed E-state index contributed by atoms with van der Waals surface area (Å²) in [4.78, 5) is 27.2. The summed E-state index contributed by atoms with van der Waals surface area (Å²) in [6.07, 6.45) is 2.39. The second-order valence-corrected chi connectivity index (χ2v) is 10.00. The number of anilines is 1. The maximum atomic E-state index is 13.1. The van der Waals surface area contributed by atoms with E-state index in [2.05, 4.69) is 10.0 Å². The van der Waals surface area contributed by atoms with E-state index in [4.69, 9.17) is 0 Å². The van der Waals surface area contributed by atoms with Crippen molar-refractivity contribution < 1.29 is 18.0 Å². The van der Waals surface area contributed by atoms with E-state index >= 15 is 0 Å². The predicted octanol–water partition coefficient (Wildman–Crippen LogP) is 3.48. The summed E-state index contributed by atoms with van der Waals surface area (Å²) in [6, 6.07) is 11.4. The molecule has 0 radical (unpaired) electrons. The Morgan fingerprint density at radius 2 is 1.88 bits per heavy atom. The average molecular weight is 458 g/mol. The van der Waals surface area contributed by atoms with Gasteiger partial charge in [0.2, 0.25) is 5.91 Å². The van der Waals surface area contributed by atoms with Gasteiger partial charge in [0.25, 0.3) is 15.9 Å². The van der Waals surface area contributed by atoms with Crippen LogP contribution in [0, 0.1) is 19.8 Å². The summed E-state index contributed by atoms with van der Waals surface area (Å²) in [7, 11) is -3.78. The monoisotopic (exact) mass is 457 g/mol. The van der Waals surface area contributed by atoms with Crippen LogP contribution >= 0.6 is 0 Å². The van der Waals surface area contributed by atoms with Gasteiger partial charge in [-0.15, -0.1) is 0 Å². The molecule has 1 aliphatic heterocycles. The van der Waals surface area contributed by atoms with Crippen LogP contribution in [0.25, 0.3) is 0 Å². The Labute approximate surface area is 190 Å². The number of carbonyl (C=O) groups is 2. The first-order valence-electron chi connectivity index (χ1n) is 11.0. The zero-order valence-electron chi connectivity index (χ0n) is 18.8. The first-order chi connectivity index (χ1) is 15.2. The van der Waals surface area contributed by atoms with E-state index in [9.17, 15) is 18.0 Å². The summed E-state index contributed by atoms with van der Waals surface area (Å²) in [5.41, 5.74) is 2.61. The molecule has 1 heterocycles. The van der Waals surface area contributed by atoms with Crippen LogP contribution in [0.3, 0.4) is 0 Å². The van der Waals surface area contributed by atoms with Crippen molar-refractivity contribution in [3.63, 3.8) is 0 Å². The highest BCUT2D eigenvalue weighted by Gasteiger charge is 2.29. The van der Waals surface area contributed by atoms with Crippen molar-refractivity contribution in [2.24, 2.45) is 5.92 Å². The van der Waals surface area contributed by atoms with E-state index in [-0.39, 0.29) is 22.6 Å². The molecule has 2 amide bonds. The van der Waals surface area contributed by atoms with Crippen molar-refractivity contribution in [3.05, 3.63) is 59.2 Å². The smallest absolute Gasteiger partial charge is 0.261 e. The number of amides is 2. The van der Waals surface area contributed by atoms with E-state index < -0.39 is 10.0 Å². The Kier molecular flexibility index (Phi) is 7.56. The lowest BCUT2D eigenvalue weighted by molar-refractivity contribution is -0.126. The van der Waals surface area contributed by atoms with Gasteiger partial charge in [-0.05, 0) is 74.6 Å². The van der Waals surface area contributed by atoms with Crippen LogP contribution in [0.1, 0.15) is 47.7 Å². The maximum absolute atomic E-state index is 13.1. The number of carbonyl (C=O) groups excluding carboxylic acids is 2. The summed E-state index contributed by atoms with van der Waals surface area (Å²) >= 11 is 0. The van der Waals surface area contributed by atoms with Gasteiger partial charge in [-0.3, -0.25) is 14.3 Å². The molecule has 2 aromatic rings. The second-order valence-electron chi connectivity index (χ2n) is 8.31. The highest BCUT2D eigenvalue weighted by molar-refractivity contribution is 7.92. The lowest BCUT2D eigenvalue weighted by atomic mass is 9.96. The molecule has 0 bridgehead atoms. The molecule has 1 aliphatic rings. The zero-order chi connectivity index (χ0) is 23.3. The van der Waals surface area contributed by atoms with Crippen molar-refractivity contribution in [2.75, 3.05) is 24.4 Å². The minimum atomic E-state index is -3.78. The van der Waals surface area contributed by atoms with Crippen LogP contribution in [0.4, 0.5) is 5.69 Å². The van der Waals surface area contributed by atoms with Crippen molar-refractivity contribution in [1.82, 2.24) is 10.2 Å². The molecule has 7 nitrogen and oxygen atoms in total. The summed E-state index contributed by atoms with van der Waals surface area (Å²) in [6.45, 7) is 7.36. The molecule has 0 aromatic heterocycles. The fourth-order valence-corrected chi connectivity index (χ4v) is 4.90. The topological polar surface area (TPSA) is 95.6 Å². The number of nitrogens with zero attached hydrogens (tertiary/aromatic N) is 1. The molecule has 172 valence electrons. The fraction of sp³-hybridized carbons (Fsp3) is 0.417. The van der Waals surface area contributed by atoms with E-state index in [1.165, 1.54) is 0 Å². The molecule has 0 aliphatic carbocycles. The molecular weight excluding hydrogens is 426 g/mol. The lowest BCUT2D eigenvalue weighted by Gasteiger charge is -2.32. The van der Waals surface area contributed by atoms with Crippen LogP contribution in [-0.2, 0) is 14.8 Å². The molecule has 1 saturated heterocycles. The maximum Gasteiger partial charge on any atom is 0.261 e. The van der Waals surface area contributed by atoms with Crippen LogP contribution in [-0.4, -0.2) is 44.8 Å². The van der Waals surface area contributed by atoms with Crippen LogP contribution < -0.4 is 10.0 Å². The minimum absolute atomic E-state index is 0.0146. The number of piperidine rings is 1. The Hall–Kier alpha value is -2.87. The van der Waals surface area contributed by atoms with Gasteiger partial charge in [-0.1, -0.05) is 19.1 Å². The van der Waals surface area contributed by atoms with Gasteiger partial charge >= 0.3 is 0 Å². The van der Waals surface area contributed by atoms with Crippen LogP contribution in [0.15, 0.2) is 47.4 Å². The third-order valence-electron chi connectivity index (χ3n) is 5.78. The first-order valence-corrected chi connectivity index (χ1v) is 12.5. The van der Waals surface area contributed by atoms with Crippen molar-refractivity contribution in [3.8, 4) is 0 Å². The summed E-state index contributed by atoms with van der Waals surface area (Å²) < 4.78 is 28.2. The van der Waals surface area contributed by atoms with Gasteiger partial charge in [-0.2, -0.15) is 0 Å². The van der Waals surface area contributed by atoms with Gasteiger partial charge in [0.15, 0.2) is 0 Å². The van der Waals surface area contributed by atoms with E-state index in [1.807, 2.05) is 20.8 Å². The quantitative estimate of drug-likeness (QED) is 0.665. The number of hydrogen-bond donors (Lipinski definition) is 2. The number of aryl methyl sites for hydroxylation is 2. The van der Waals surface area contributed by atoms with E-state index in [0.29, 0.717) is 30.9 Å². The van der Waals surface area contributed by atoms with Gasteiger partial charge in [0.1, 0.15) is 0 Å². The highest BCUT2D eigenvalue weighted by atomic mass is 32.2. The molecule has 3 rings (SSSR count). The van der Waals surface area contributed by atoms with Gasteiger partial charge in [0.05, 0.1) is 10.8 Å². The molecule has 2 aromatic carbocycles. The minimum Gasteiger partial charge on any atom is -0.356 e. The number of rotatable bonds is 7. The van der Waals surface area contributed by atoms with E-state index in [1.54, 1.807) is 47.4 Å². The lowest BCUT2D eigenvalue weighted by Crippen LogP contribution is -2.45. The molecule has 0 saturated carbocycles. The fourth-order valence-electron chi connectivity index (χ4n) is 3.76. The largest absolute Gasteiger partial charge is 0.356 e. The SMILES string of the molecule is CCCNC(=O)C1CCCN(C(=O)c2cccc(NS(=O)(=O)c3ccc(C)c(C)c3)c2)C1. The molecule has 1 fully saturated rings. The summed E-state index contributed by atoms with van der Waals surface area (Å²) in [5.74, 6) is -0.435. The third kappa shape index (κ3) is 5.68. The second kappa shape index (κ2) is 10.2. The van der Waals surface area contributed by atoms with Gasteiger partial charge in [-0.25, -0.2) is 8.42 Å². The first kappa shape index (κ1) is 23.8. The molecule has 1 unspecified atom stereocenters. The Bertz CT molecular complexity index is 1100. The van der Waals surface area contributed by atoms with Crippen molar-refractivity contribution in [1.29, 1.82) is 0 Å². The Balaban J connectivity index is 1.73. The van der Waals surface area contributed by atoms with E-state index in [0.717, 1.165) is 30.4 Å². The molecule has 0 spiro atoms. The number of nitrogens with one attached hydrogen (secondary N) is 2. The zero-order valence-corrected chi connectivity index (χ0v) is 19.7. The predicted molar refractivity (Wildman–Crippen MR) is 125 cm³/mol. The van der Waals surface area contributed by atoms with Crippen LogP contribution in [0.5, 0.6) is 0 Å².